The van der Waals surface area contributed by atoms with Crippen LogP contribution < -0.4 is 0 Å². The standard InChI is InChI=1S/C15H19ClN2S2/c1-17(2)11-14(12-3-5-13(16)6-4-12)15(19)18-7-9-20-10-8-18/h3-6,11H,7-10H2,1-2H3/b14-11+. The van der Waals surface area contributed by atoms with Crippen LogP contribution in [0.4, 0.5) is 0 Å². The van der Waals surface area contributed by atoms with Crippen LogP contribution in [0.15, 0.2) is 30.5 Å². The molecule has 0 bridgehead atoms. The summed E-state index contributed by atoms with van der Waals surface area (Å²) in [4.78, 5) is 5.27. The van der Waals surface area contributed by atoms with E-state index < -0.39 is 0 Å². The van der Waals surface area contributed by atoms with Crippen LogP contribution in [-0.4, -0.2) is 53.5 Å². The molecule has 0 saturated carbocycles. The van der Waals surface area contributed by atoms with Crippen molar-refractivity contribution >= 4 is 46.1 Å². The van der Waals surface area contributed by atoms with Gasteiger partial charge in [0.15, 0.2) is 0 Å². The van der Waals surface area contributed by atoms with Crippen molar-refractivity contribution in [1.29, 1.82) is 0 Å². The number of halogens is 1. The zero-order valence-corrected chi connectivity index (χ0v) is 14.2. The summed E-state index contributed by atoms with van der Waals surface area (Å²) in [5.41, 5.74) is 2.21. The average molecular weight is 327 g/mol. The van der Waals surface area contributed by atoms with Gasteiger partial charge in [0, 0.05) is 55.5 Å². The van der Waals surface area contributed by atoms with E-state index in [1.165, 1.54) is 0 Å². The third-order valence-corrected chi connectivity index (χ3v) is 4.74. The van der Waals surface area contributed by atoms with E-state index in [1.807, 2.05) is 55.0 Å². The van der Waals surface area contributed by atoms with Crippen LogP contribution in [0, 0.1) is 0 Å². The Morgan fingerprint density at radius 3 is 2.40 bits per heavy atom. The van der Waals surface area contributed by atoms with E-state index in [1.54, 1.807) is 0 Å². The molecule has 1 aliphatic rings. The third-order valence-electron chi connectivity index (χ3n) is 3.07. The van der Waals surface area contributed by atoms with Gasteiger partial charge in [-0.15, -0.1) is 0 Å². The normalized spacial score (nSPS) is 16.1. The number of rotatable bonds is 3. The molecule has 5 heteroatoms. The van der Waals surface area contributed by atoms with Gasteiger partial charge in [0.25, 0.3) is 0 Å². The quantitative estimate of drug-likeness (QED) is 0.618. The Morgan fingerprint density at radius 1 is 1.25 bits per heavy atom. The minimum atomic E-state index is 0.748. The lowest BCUT2D eigenvalue weighted by Crippen LogP contribution is -2.37. The van der Waals surface area contributed by atoms with E-state index in [4.69, 9.17) is 23.8 Å². The lowest BCUT2D eigenvalue weighted by atomic mass is 10.1. The van der Waals surface area contributed by atoms with Crippen molar-refractivity contribution in [2.24, 2.45) is 0 Å². The Labute approximate surface area is 135 Å². The van der Waals surface area contributed by atoms with Crippen LogP contribution >= 0.6 is 35.6 Å². The predicted molar refractivity (Wildman–Crippen MR) is 94.6 cm³/mol. The Bertz CT molecular complexity index is 491. The van der Waals surface area contributed by atoms with Crippen LogP contribution in [0.3, 0.4) is 0 Å². The van der Waals surface area contributed by atoms with Crippen molar-refractivity contribution in [2.75, 3.05) is 38.7 Å². The van der Waals surface area contributed by atoms with Gasteiger partial charge in [-0.3, -0.25) is 0 Å². The van der Waals surface area contributed by atoms with Crippen LogP contribution in [0.2, 0.25) is 5.02 Å². The average Bonchev–Trinajstić information content (AvgIpc) is 2.46. The second-order valence-corrected chi connectivity index (χ2v) is 6.97. The molecular weight excluding hydrogens is 308 g/mol. The molecule has 0 aromatic heterocycles. The first kappa shape index (κ1) is 15.7. The molecule has 1 aliphatic heterocycles. The second kappa shape index (κ2) is 7.34. The summed E-state index contributed by atoms with van der Waals surface area (Å²) in [5, 5.41) is 0.748. The Morgan fingerprint density at radius 2 is 1.85 bits per heavy atom. The number of thiocarbonyl (C=S) groups is 1. The minimum Gasteiger partial charge on any atom is -0.383 e. The van der Waals surface area contributed by atoms with Gasteiger partial charge in [0.2, 0.25) is 0 Å². The fourth-order valence-electron chi connectivity index (χ4n) is 2.08. The molecule has 0 unspecified atom stereocenters. The summed E-state index contributed by atoms with van der Waals surface area (Å²) in [6, 6.07) is 7.88. The highest BCUT2D eigenvalue weighted by molar-refractivity contribution is 7.99. The summed E-state index contributed by atoms with van der Waals surface area (Å²) in [5.74, 6) is 2.30. The first-order valence-electron chi connectivity index (χ1n) is 6.59. The zero-order valence-electron chi connectivity index (χ0n) is 11.8. The van der Waals surface area contributed by atoms with Crippen molar-refractivity contribution < 1.29 is 0 Å². The fourth-order valence-corrected chi connectivity index (χ4v) is 3.46. The first-order chi connectivity index (χ1) is 9.58. The molecule has 0 aliphatic carbocycles. The van der Waals surface area contributed by atoms with Crippen molar-refractivity contribution in [2.45, 2.75) is 0 Å². The van der Waals surface area contributed by atoms with E-state index in [2.05, 4.69) is 11.1 Å². The van der Waals surface area contributed by atoms with E-state index in [9.17, 15) is 0 Å². The van der Waals surface area contributed by atoms with Crippen LogP contribution in [0.25, 0.3) is 5.57 Å². The van der Waals surface area contributed by atoms with Crippen LogP contribution in [0.1, 0.15) is 5.56 Å². The van der Waals surface area contributed by atoms with Gasteiger partial charge in [-0.1, -0.05) is 36.0 Å². The summed E-state index contributed by atoms with van der Waals surface area (Å²) in [6.45, 7) is 2.06. The maximum absolute atomic E-state index is 5.97. The maximum Gasteiger partial charge on any atom is 0.111 e. The van der Waals surface area contributed by atoms with Crippen LogP contribution in [-0.2, 0) is 0 Å². The predicted octanol–water partition coefficient (Wildman–Crippen LogP) is 3.62. The molecule has 1 fully saturated rings. The molecule has 1 aromatic carbocycles. The zero-order chi connectivity index (χ0) is 14.5. The fraction of sp³-hybridized carbons (Fsp3) is 0.400. The molecule has 0 amide bonds. The van der Waals surface area contributed by atoms with Gasteiger partial charge in [0.05, 0.1) is 0 Å². The molecule has 0 atom stereocenters. The van der Waals surface area contributed by atoms with Crippen molar-refractivity contribution in [3.8, 4) is 0 Å². The number of benzene rings is 1. The first-order valence-corrected chi connectivity index (χ1v) is 8.53. The molecule has 20 heavy (non-hydrogen) atoms. The molecular formula is C15H19ClN2S2. The van der Waals surface area contributed by atoms with Gasteiger partial charge in [-0.25, -0.2) is 0 Å². The lowest BCUT2D eigenvalue weighted by molar-refractivity contribution is 0.474. The minimum absolute atomic E-state index is 0.748. The summed E-state index contributed by atoms with van der Waals surface area (Å²) < 4.78 is 0. The van der Waals surface area contributed by atoms with E-state index >= 15 is 0 Å². The summed E-state index contributed by atoms with van der Waals surface area (Å²) in [7, 11) is 4.04. The topological polar surface area (TPSA) is 6.48 Å². The Kier molecular flexibility index (Phi) is 5.75. The molecule has 2 nitrogen and oxygen atoms in total. The Balaban J connectivity index is 2.27. The largest absolute Gasteiger partial charge is 0.383 e. The molecule has 0 spiro atoms. The third kappa shape index (κ3) is 4.14. The molecule has 1 heterocycles. The van der Waals surface area contributed by atoms with Gasteiger partial charge < -0.3 is 9.80 Å². The van der Waals surface area contributed by atoms with Crippen LogP contribution in [0.5, 0.6) is 0 Å². The van der Waals surface area contributed by atoms with Crippen molar-refractivity contribution in [3.63, 3.8) is 0 Å². The summed E-state index contributed by atoms with van der Waals surface area (Å²) in [6.07, 6.45) is 2.09. The molecule has 1 aromatic rings. The molecule has 108 valence electrons. The highest BCUT2D eigenvalue weighted by Crippen LogP contribution is 2.23. The number of hydrogen-bond donors (Lipinski definition) is 0. The number of thioether (sulfide) groups is 1. The van der Waals surface area contributed by atoms with E-state index in [0.717, 1.165) is 45.7 Å². The number of hydrogen-bond acceptors (Lipinski definition) is 3. The lowest BCUT2D eigenvalue weighted by Gasteiger charge is -2.30. The van der Waals surface area contributed by atoms with Crippen molar-refractivity contribution in [3.05, 3.63) is 41.1 Å². The molecule has 2 rings (SSSR count). The van der Waals surface area contributed by atoms with E-state index in [-0.39, 0.29) is 0 Å². The van der Waals surface area contributed by atoms with Gasteiger partial charge in [-0.05, 0) is 17.7 Å². The highest BCUT2D eigenvalue weighted by Gasteiger charge is 2.18. The SMILES string of the molecule is CN(C)/C=C(/C(=S)N1CCSCC1)c1ccc(Cl)cc1. The number of nitrogens with zero attached hydrogens (tertiary/aromatic N) is 2. The highest BCUT2D eigenvalue weighted by atomic mass is 35.5. The van der Waals surface area contributed by atoms with E-state index in [0.29, 0.717) is 0 Å². The monoisotopic (exact) mass is 326 g/mol. The molecule has 1 saturated heterocycles. The van der Waals surface area contributed by atoms with Gasteiger partial charge in [-0.2, -0.15) is 11.8 Å². The van der Waals surface area contributed by atoms with Gasteiger partial charge in [0.1, 0.15) is 4.99 Å². The summed E-state index contributed by atoms with van der Waals surface area (Å²) >= 11 is 13.7. The van der Waals surface area contributed by atoms with Crippen molar-refractivity contribution in [1.82, 2.24) is 9.80 Å². The molecule has 0 N–H and O–H groups in total. The molecule has 0 radical (unpaired) electrons. The second-order valence-electron chi connectivity index (χ2n) is 4.92. The smallest absolute Gasteiger partial charge is 0.111 e. The Hall–Kier alpha value is -0.710. The van der Waals surface area contributed by atoms with Gasteiger partial charge >= 0.3 is 0 Å². The maximum atomic E-state index is 5.97.